The number of carbonyl (C=O) groups excluding carboxylic acids is 1. The van der Waals surface area contributed by atoms with Gasteiger partial charge in [0.25, 0.3) is 5.69 Å². The predicted molar refractivity (Wildman–Crippen MR) is 79.6 cm³/mol. The maximum absolute atomic E-state index is 13.7. The van der Waals surface area contributed by atoms with E-state index >= 15 is 0 Å². The van der Waals surface area contributed by atoms with Crippen LogP contribution in [0.4, 0.5) is 10.1 Å². The Bertz CT molecular complexity index is 716. The van der Waals surface area contributed by atoms with Crippen LogP contribution in [0.3, 0.4) is 0 Å². The molecule has 1 aromatic heterocycles. The maximum atomic E-state index is 13.7. The number of aryl methyl sites for hydroxylation is 1. The van der Waals surface area contributed by atoms with Gasteiger partial charge in [0.05, 0.1) is 15.9 Å². The molecule has 21 heavy (non-hydrogen) atoms. The summed E-state index contributed by atoms with van der Waals surface area (Å²) in [5.74, 6) is -1.35. The van der Waals surface area contributed by atoms with Gasteiger partial charge in [-0.15, -0.1) is 11.3 Å². The maximum Gasteiger partial charge on any atom is 0.275 e. The fourth-order valence-corrected chi connectivity index (χ4v) is 3.17. The molecule has 0 fully saturated rings. The van der Waals surface area contributed by atoms with E-state index in [1.54, 1.807) is 11.4 Å². The topological polar surface area (TPSA) is 69.4 Å². The van der Waals surface area contributed by atoms with Gasteiger partial charge in [0.2, 0.25) is 5.78 Å². The minimum atomic E-state index is -0.870. The van der Waals surface area contributed by atoms with E-state index in [2.05, 4.69) is 15.9 Å². The third-order valence-corrected chi connectivity index (χ3v) is 4.56. The monoisotopic (exact) mass is 373 g/mol. The van der Waals surface area contributed by atoms with Crippen LogP contribution in [-0.4, -0.2) is 17.3 Å². The number of nitro groups is 1. The number of ether oxygens (including phenoxy) is 1. The fraction of sp³-hybridized carbons (Fsp3) is 0.154. The lowest BCUT2D eigenvalue weighted by Gasteiger charge is -2.07. The van der Waals surface area contributed by atoms with Gasteiger partial charge in [0, 0.05) is 10.0 Å². The second-order valence-corrected chi connectivity index (χ2v) is 5.91. The Kier molecular flexibility index (Phi) is 4.69. The highest BCUT2D eigenvalue weighted by Gasteiger charge is 2.18. The van der Waals surface area contributed by atoms with Crippen LogP contribution < -0.4 is 4.74 Å². The zero-order chi connectivity index (χ0) is 15.6. The molecule has 0 amide bonds. The zero-order valence-electron chi connectivity index (χ0n) is 10.8. The van der Waals surface area contributed by atoms with Crippen molar-refractivity contribution in [3.63, 3.8) is 0 Å². The molecule has 1 aromatic carbocycles. The summed E-state index contributed by atoms with van der Waals surface area (Å²) >= 11 is 4.48. The summed E-state index contributed by atoms with van der Waals surface area (Å²) in [6.45, 7) is 1.13. The van der Waals surface area contributed by atoms with Crippen molar-refractivity contribution in [3.05, 3.63) is 54.4 Å². The molecular formula is C13H9BrFNO4S. The number of halogens is 2. The van der Waals surface area contributed by atoms with Crippen molar-refractivity contribution in [2.24, 2.45) is 0 Å². The summed E-state index contributed by atoms with van der Waals surface area (Å²) in [6, 6.07) is 3.73. The molecule has 0 spiro atoms. The molecule has 0 aliphatic carbocycles. The minimum Gasteiger partial charge on any atom is -0.482 e. The third-order valence-electron chi connectivity index (χ3n) is 2.68. The van der Waals surface area contributed by atoms with Crippen LogP contribution in [0.2, 0.25) is 0 Å². The number of hydrogen-bond acceptors (Lipinski definition) is 5. The van der Waals surface area contributed by atoms with Gasteiger partial charge in [-0.1, -0.05) is 0 Å². The Morgan fingerprint density at radius 3 is 2.81 bits per heavy atom. The molecule has 1 heterocycles. The minimum absolute atomic E-state index is 0.181. The van der Waals surface area contributed by atoms with Crippen LogP contribution in [0.15, 0.2) is 28.1 Å². The molecule has 0 unspecified atom stereocenters. The lowest BCUT2D eigenvalue weighted by molar-refractivity contribution is -0.385. The number of benzene rings is 1. The molecule has 8 heteroatoms. The normalized spacial score (nSPS) is 10.4. The molecule has 2 rings (SSSR count). The van der Waals surface area contributed by atoms with Crippen LogP contribution in [-0.2, 0) is 0 Å². The largest absolute Gasteiger partial charge is 0.482 e. The van der Waals surface area contributed by atoms with E-state index in [0.717, 1.165) is 6.07 Å². The van der Waals surface area contributed by atoms with Crippen molar-refractivity contribution in [1.29, 1.82) is 0 Å². The average molecular weight is 374 g/mol. The molecule has 0 saturated heterocycles. The number of nitro benzene ring substituents is 1. The second kappa shape index (κ2) is 6.31. The quantitative estimate of drug-likeness (QED) is 0.448. The molecule has 0 aliphatic heterocycles. The van der Waals surface area contributed by atoms with E-state index in [-0.39, 0.29) is 29.4 Å². The first kappa shape index (κ1) is 15.6. The Hall–Kier alpha value is -1.80. The molecule has 5 nitrogen and oxygen atoms in total. The number of ketones is 1. The SMILES string of the molecule is Cc1cc(OCC(=O)c2sccc2Br)c(F)cc1[N+](=O)[O-]. The third kappa shape index (κ3) is 3.45. The van der Waals surface area contributed by atoms with Crippen molar-refractivity contribution in [3.8, 4) is 5.75 Å². The van der Waals surface area contributed by atoms with Crippen molar-refractivity contribution >= 4 is 38.7 Å². The Labute approximate surface area is 131 Å². The molecule has 2 aromatic rings. The number of nitrogens with zero attached hydrogens (tertiary/aromatic N) is 1. The number of carbonyl (C=O) groups is 1. The molecule has 0 radical (unpaired) electrons. The summed E-state index contributed by atoms with van der Waals surface area (Å²) in [5, 5.41) is 12.4. The van der Waals surface area contributed by atoms with Gasteiger partial charge in [-0.3, -0.25) is 14.9 Å². The number of rotatable bonds is 5. The van der Waals surface area contributed by atoms with Gasteiger partial charge < -0.3 is 4.74 Å². The highest BCUT2D eigenvalue weighted by atomic mass is 79.9. The van der Waals surface area contributed by atoms with E-state index in [9.17, 15) is 19.3 Å². The lowest BCUT2D eigenvalue weighted by Crippen LogP contribution is -2.11. The molecule has 0 N–H and O–H groups in total. The van der Waals surface area contributed by atoms with Crippen LogP contribution >= 0.6 is 27.3 Å². The van der Waals surface area contributed by atoms with Crippen molar-refractivity contribution in [2.75, 3.05) is 6.61 Å². The Morgan fingerprint density at radius 1 is 1.52 bits per heavy atom. The van der Waals surface area contributed by atoms with Gasteiger partial charge in [0.1, 0.15) is 0 Å². The van der Waals surface area contributed by atoms with Crippen molar-refractivity contribution in [1.82, 2.24) is 0 Å². The van der Waals surface area contributed by atoms with E-state index in [4.69, 9.17) is 4.74 Å². The van der Waals surface area contributed by atoms with Gasteiger partial charge in [-0.2, -0.15) is 0 Å². The molecular weight excluding hydrogens is 365 g/mol. The van der Waals surface area contributed by atoms with E-state index in [1.807, 2.05) is 0 Å². The second-order valence-electron chi connectivity index (χ2n) is 4.14. The van der Waals surface area contributed by atoms with Crippen LogP contribution in [0.5, 0.6) is 5.75 Å². The van der Waals surface area contributed by atoms with E-state index in [1.165, 1.54) is 24.3 Å². The van der Waals surface area contributed by atoms with Crippen molar-refractivity contribution in [2.45, 2.75) is 6.92 Å². The number of Topliss-reactive ketones (excluding diaryl/α,β-unsaturated/α-hetero) is 1. The smallest absolute Gasteiger partial charge is 0.275 e. The summed E-state index contributed by atoms with van der Waals surface area (Å²) in [4.78, 5) is 22.4. The van der Waals surface area contributed by atoms with Crippen LogP contribution in [0.1, 0.15) is 15.2 Å². The van der Waals surface area contributed by atoms with Gasteiger partial charge in [-0.05, 0) is 40.4 Å². The highest BCUT2D eigenvalue weighted by Crippen LogP contribution is 2.28. The highest BCUT2D eigenvalue weighted by molar-refractivity contribution is 9.10. The first-order chi connectivity index (χ1) is 9.90. The molecule has 110 valence electrons. The van der Waals surface area contributed by atoms with Gasteiger partial charge in [-0.25, -0.2) is 4.39 Å². The fourth-order valence-electron chi connectivity index (χ4n) is 1.65. The number of thiophene rings is 1. The van der Waals surface area contributed by atoms with Crippen molar-refractivity contribution < 1.29 is 18.8 Å². The van der Waals surface area contributed by atoms with Crippen LogP contribution in [0, 0.1) is 22.9 Å². The molecule has 0 aliphatic rings. The summed E-state index contributed by atoms with van der Waals surface area (Å²) in [5.41, 5.74) is -0.0617. The Morgan fingerprint density at radius 2 is 2.24 bits per heavy atom. The first-order valence-corrected chi connectivity index (χ1v) is 7.41. The molecule has 0 bridgehead atoms. The summed E-state index contributed by atoms with van der Waals surface area (Å²) in [6.07, 6.45) is 0. The van der Waals surface area contributed by atoms with Crippen LogP contribution in [0.25, 0.3) is 0 Å². The van der Waals surface area contributed by atoms with E-state index < -0.39 is 10.7 Å². The standard InChI is InChI=1S/C13H9BrFNO4S/c1-7-4-12(9(15)5-10(7)16(18)19)20-6-11(17)13-8(14)2-3-21-13/h2-5H,6H2,1H3. The molecule has 0 atom stereocenters. The summed E-state index contributed by atoms with van der Waals surface area (Å²) in [7, 11) is 0. The van der Waals surface area contributed by atoms with Gasteiger partial charge in [0.15, 0.2) is 18.2 Å². The van der Waals surface area contributed by atoms with Gasteiger partial charge >= 0.3 is 0 Å². The predicted octanol–water partition coefficient (Wildman–Crippen LogP) is 4.13. The zero-order valence-corrected chi connectivity index (χ0v) is 13.2. The Balaban J connectivity index is 2.14. The number of hydrogen-bond donors (Lipinski definition) is 0. The van der Waals surface area contributed by atoms with E-state index in [0.29, 0.717) is 9.35 Å². The lowest BCUT2D eigenvalue weighted by atomic mass is 10.2. The summed E-state index contributed by atoms with van der Waals surface area (Å²) < 4.78 is 19.5. The molecule has 0 saturated carbocycles. The first-order valence-electron chi connectivity index (χ1n) is 5.73. The average Bonchev–Trinajstić information content (AvgIpc) is 2.85.